The van der Waals surface area contributed by atoms with Crippen molar-refractivity contribution in [2.45, 2.75) is 18.8 Å². The van der Waals surface area contributed by atoms with Gasteiger partial charge in [0.25, 0.3) is 5.89 Å². The van der Waals surface area contributed by atoms with E-state index >= 15 is 0 Å². The molecule has 0 aromatic carbocycles. The lowest BCUT2D eigenvalue weighted by Crippen LogP contribution is -2.28. The summed E-state index contributed by atoms with van der Waals surface area (Å²) < 4.78 is 6.39. The molecule has 1 atom stereocenters. The topological polar surface area (TPSA) is 51.0 Å². The van der Waals surface area contributed by atoms with Gasteiger partial charge in [-0.1, -0.05) is 5.16 Å². The molecule has 2 aromatic heterocycles. The molecule has 1 N–H and O–H groups in total. The van der Waals surface area contributed by atoms with Crippen molar-refractivity contribution in [3.63, 3.8) is 0 Å². The lowest BCUT2D eigenvalue weighted by molar-refractivity contribution is 0.393. The molecule has 17 heavy (non-hydrogen) atoms. The largest absolute Gasteiger partial charge is 0.334 e. The minimum Gasteiger partial charge on any atom is -0.334 e. The van der Waals surface area contributed by atoms with E-state index in [9.17, 15) is 0 Å². The Bertz CT molecular complexity index is 504. The van der Waals surface area contributed by atoms with Crippen molar-refractivity contribution >= 4 is 27.3 Å². The smallest absolute Gasteiger partial charge is 0.258 e. The van der Waals surface area contributed by atoms with Crippen molar-refractivity contribution < 1.29 is 4.52 Å². The molecule has 0 aliphatic carbocycles. The van der Waals surface area contributed by atoms with E-state index in [1.54, 1.807) is 11.3 Å². The van der Waals surface area contributed by atoms with Gasteiger partial charge in [-0.2, -0.15) is 4.98 Å². The first-order chi connectivity index (χ1) is 8.33. The van der Waals surface area contributed by atoms with Gasteiger partial charge in [-0.3, -0.25) is 0 Å². The molecular formula is C11H12BrN3OS. The molecule has 0 spiro atoms. The minimum atomic E-state index is 0.392. The Morgan fingerprint density at radius 2 is 2.47 bits per heavy atom. The predicted octanol–water partition coefficient (Wildman–Crippen LogP) is 3.03. The quantitative estimate of drug-likeness (QED) is 0.926. The fourth-order valence-electron chi connectivity index (χ4n) is 2.01. The van der Waals surface area contributed by atoms with E-state index in [-0.39, 0.29) is 0 Å². The van der Waals surface area contributed by atoms with Gasteiger partial charge < -0.3 is 9.84 Å². The van der Waals surface area contributed by atoms with Gasteiger partial charge in [0, 0.05) is 17.8 Å². The molecule has 1 unspecified atom stereocenters. The van der Waals surface area contributed by atoms with Gasteiger partial charge in [0.1, 0.15) is 0 Å². The predicted molar refractivity (Wildman–Crippen MR) is 70.2 cm³/mol. The van der Waals surface area contributed by atoms with Gasteiger partial charge in [-0.05, 0) is 41.4 Å². The standard InChI is InChI=1S/C11H12BrN3OS/c12-9-4-8(6-17-9)11-14-10(15-16-11)7-2-1-3-13-5-7/h4,6-7,13H,1-3,5H2. The Hall–Kier alpha value is -0.720. The second-order valence-corrected chi connectivity index (χ2v) is 6.43. The number of rotatable bonds is 2. The third-order valence-electron chi connectivity index (χ3n) is 2.92. The molecule has 1 aliphatic heterocycles. The molecule has 1 saturated heterocycles. The molecule has 90 valence electrons. The molecule has 3 rings (SSSR count). The number of nitrogens with one attached hydrogen (secondary N) is 1. The highest BCUT2D eigenvalue weighted by Gasteiger charge is 2.21. The second kappa shape index (κ2) is 4.88. The van der Waals surface area contributed by atoms with Crippen LogP contribution in [0.15, 0.2) is 19.8 Å². The SMILES string of the molecule is Brc1cc(-c2nc(C3CCCNC3)no2)cs1. The monoisotopic (exact) mass is 313 g/mol. The summed E-state index contributed by atoms with van der Waals surface area (Å²) in [5.74, 6) is 1.84. The van der Waals surface area contributed by atoms with Crippen molar-refractivity contribution in [2.75, 3.05) is 13.1 Å². The maximum atomic E-state index is 5.31. The first-order valence-electron chi connectivity index (χ1n) is 5.61. The van der Waals surface area contributed by atoms with Crippen LogP contribution >= 0.6 is 27.3 Å². The van der Waals surface area contributed by atoms with Crippen LogP contribution < -0.4 is 5.32 Å². The summed E-state index contributed by atoms with van der Waals surface area (Å²) in [6, 6.07) is 2.00. The summed E-state index contributed by atoms with van der Waals surface area (Å²) in [6.07, 6.45) is 2.32. The highest BCUT2D eigenvalue weighted by Crippen LogP contribution is 2.29. The van der Waals surface area contributed by atoms with Crippen molar-refractivity contribution in [1.29, 1.82) is 0 Å². The molecule has 1 fully saturated rings. The van der Waals surface area contributed by atoms with E-state index in [0.29, 0.717) is 11.8 Å². The summed E-state index contributed by atoms with van der Waals surface area (Å²) in [7, 11) is 0. The molecule has 6 heteroatoms. The Kier molecular flexibility index (Phi) is 3.26. The first kappa shape index (κ1) is 11.4. The number of aromatic nitrogens is 2. The lowest BCUT2D eigenvalue weighted by Gasteiger charge is -2.19. The summed E-state index contributed by atoms with van der Waals surface area (Å²) in [6.45, 7) is 2.05. The summed E-state index contributed by atoms with van der Waals surface area (Å²) in [5.41, 5.74) is 0.990. The number of thiophene rings is 1. The highest BCUT2D eigenvalue weighted by molar-refractivity contribution is 9.11. The van der Waals surface area contributed by atoms with Crippen LogP contribution in [0.4, 0.5) is 0 Å². The van der Waals surface area contributed by atoms with Crippen molar-refractivity contribution in [2.24, 2.45) is 0 Å². The van der Waals surface area contributed by atoms with Crippen LogP contribution in [-0.4, -0.2) is 23.2 Å². The zero-order valence-electron chi connectivity index (χ0n) is 9.15. The molecule has 4 nitrogen and oxygen atoms in total. The summed E-state index contributed by atoms with van der Waals surface area (Å²) in [5, 5.41) is 9.46. The van der Waals surface area contributed by atoms with Gasteiger partial charge >= 0.3 is 0 Å². The van der Waals surface area contributed by atoms with Crippen LogP contribution in [0.2, 0.25) is 0 Å². The van der Waals surface area contributed by atoms with E-state index in [0.717, 1.165) is 34.7 Å². The average molecular weight is 314 g/mol. The molecule has 0 amide bonds. The summed E-state index contributed by atoms with van der Waals surface area (Å²) in [4.78, 5) is 4.49. The van der Waals surface area contributed by atoms with Crippen LogP contribution in [0.1, 0.15) is 24.6 Å². The van der Waals surface area contributed by atoms with Gasteiger partial charge in [0.05, 0.1) is 9.35 Å². The van der Waals surface area contributed by atoms with E-state index in [1.807, 2.05) is 11.4 Å². The summed E-state index contributed by atoms with van der Waals surface area (Å²) >= 11 is 5.05. The Morgan fingerprint density at radius 3 is 3.18 bits per heavy atom. The Labute approximate surface area is 112 Å². The van der Waals surface area contributed by atoms with E-state index in [2.05, 4.69) is 31.4 Å². The van der Waals surface area contributed by atoms with E-state index < -0.39 is 0 Å². The zero-order chi connectivity index (χ0) is 11.7. The minimum absolute atomic E-state index is 0.392. The molecular weight excluding hydrogens is 302 g/mol. The van der Waals surface area contributed by atoms with Crippen molar-refractivity contribution in [1.82, 2.24) is 15.5 Å². The normalized spacial score (nSPS) is 20.6. The average Bonchev–Trinajstić information content (AvgIpc) is 2.98. The van der Waals surface area contributed by atoms with Gasteiger partial charge in [-0.15, -0.1) is 11.3 Å². The van der Waals surface area contributed by atoms with Gasteiger partial charge in [-0.25, -0.2) is 0 Å². The zero-order valence-corrected chi connectivity index (χ0v) is 11.6. The third-order valence-corrected chi connectivity index (χ3v) is 4.42. The number of piperidine rings is 1. The number of hydrogen-bond donors (Lipinski definition) is 1. The molecule has 2 aromatic rings. The second-order valence-electron chi connectivity index (χ2n) is 4.14. The van der Waals surface area contributed by atoms with Crippen LogP contribution in [0.5, 0.6) is 0 Å². The van der Waals surface area contributed by atoms with E-state index in [1.165, 1.54) is 6.42 Å². The molecule has 1 aliphatic rings. The van der Waals surface area contributed by atoms with Gasteiger partial charge in [0.15, 0.2) is 5.82 Å². The van der Waals surface area contributed by atoms with Crippen LogP contribution in [0.3, 0.4) is 0 Å². The first-order valence-corrected chi connectivity index (χ1v) is 7.29. The third kappa shape index (κ3) is 2.43. The molecule has 0 saturated carbocycles. The maximum Gasteiger partial charge on any atom is 0.258 e. The fourth-order valence-corrected chi connectivity index (χ4v) is 3.14. The molecule has 3 heterocycles. The Morgan fingerprint density at radius 1 is 1.53 bits per heavy atom. The fraction of sp³-hybridized carbons (Fsp3) is 0.455. The Balaban J connectivity index is 1.82. The van der Waals surface area contributed by atoms with Crippen molar-refractivity contribution in [3.05, 3.63) is 21.1 Å². The van der Waals surface area contributed by atoms with Crippen LogP contribution in [0.25, 0.3) is 11.5 Å². The van der Waals surface area contributed by atoms with Crippen LogP contribution in [-0.2, 0) is 0 Å². The molecule has 0 bridgehead atoms. The lowest BCUT2D eigenvalue weighted by atomic mass is 9.99. The van der Waals surface area contributed by atoms with Crippen molar-refractivity contribution in [3.8, 4) is 11.5 Å². The number of nitrogens with zero attached hydrogens (tertiary/aromatic N) is 2. The maximum absolute atomic E-state index is 5.31. The number of hydrogen-bond acceptors (Lipinski definition) is 5. The van der Waals surface area contributed by atoms with E-state index in [4.69, 9.17) is 4.52 Å². The number of halogens is 1. The molecule has 0 radical (unpaired) electrons. The highest BCUT2D eigenvalue weighted by atomic mass is 79.9. The van der Waals surface area contributed by atoms with Crippen LogP contribution in [0, 0.1) is 0 Å². The van der Waals surface area contributed by atoms with Gasteiger partial charge in [0.2, 0.25) is 0 Å².